The van der Waals surface area contributed by atoms with Crippen LogP contribution in [-0.4, -0.2) is 31.1 Å². The van der Waals surface area contributed by atoms with E-state index in [-0.39, 0.29) is 10.9 Å². The van der Waals surface area contributed by atoms with Gasteiger partial charge in [0.05, 0.1) is 38.0 Å². The Hall–Kier alpha value is -2.38. The summed E-state index contributed by atoms with van der Waals surface area (Å²) in [4.78, 5) is 0.284. The molecule has 1 heterocycles. The third-order valence-corrected chi connectivity index (χ3v) is 7.71. The Bertz CT molecular complexity index is 1380. The Morgan fingerprint density at radius 1 is 1.03 bits per heavy atom. The van der Waals surface area contributed by atoms with Gasteiger partial charge in [-0.15, -0.1) is 0 Å². The summed E-state index contributed by atoms with van der Waals surface area (Å²) in [5.74, 6) is 0. The summed E-state index contributed by atoms with van der Waals surface area (Å²) >= 11 is 13.0. The molecule has 1 unspecified atom stereocenters. The molecule has 1 aliphatic rings. The van der Waals surface area contributed by atoms with Gasteiger partial charge in [-0.2, -0.15) is 5.10 Å². The molecule has 4 rings (SSSR count). The number of halogens is 2. The average Bonchev–Trinajstić information content (AvgIpc) is 3.18. The minimum atomic E-state index is -3.30. The van der Waals surface area contributed by atoms with Crippen molar-refractivity contribution in [2.24, 2.45) is 5.10 Å². The van der Waals surface area contributed by atoms with Gasteiger partial charge in [0, 0.05) is 12.7 Å². The Morgan fingerprint density at radius 3 is 2.26 bits per heavy atom. The minimum Gasteiger partial charge on any atom is -0.384 e. The zero-order chi connectivity index (χ0) is 24.8. The van der Waals surface area contributed by atoms with Gasteiger partial charge in [0.2, 0.25) is 0 Å². The highest BCUT2D eigenvalue weighted by molar-refractivity contribution is 7.90. The molecule has 1 atom stereocenters. The van der Waals surface area contributed by atoms with Crippen molar-refractivity contribution in [2.75, 3.05) is 11.3 Å². The maximum Gasteiger partial charge on any atom is 0.175 e. The maximum atomic E-state index is 12.0. The summed E-state index contributed by atoms with van der Waals surface area (Å²) in [7, 11) is -3.30. The highest BCUT2D eigenvalue weighted by Gasteiger charge is 2.37. The fourth-order valence-corrected chi connectivity index (χ4v) is 5.40. The fourth-order valence-electron chi connectivity index (χ4n) is 4.17. The SMILES string of the molecule is Cc1cc(C2CC(C(C)(C)O)=NN2c2c(Cl)cccc2Cl)ccc1-c1cccc(S(C)(=O)=O)c1. The van der Waals surface area contributed by atoms with Crippen LogP contribution in [0.2, 0.25) is 10.0 Å². The highest BCUT2D eigenvalue weighted by atomic mass is 35.5. The van der Waals surface area contributed by atoms with Gasteiger partial charge in [-0.05, 0) is 67.3 Å². The molecule has 0 saturated heterocycles. The van der Waals surface area contributed by atoms with Crippen LogP contribution in [0.3, 0.4) is 0 Å². The van der Waals surface area contributed by atoms with Crippen LogP contribution in [0.15, 0.2) is 70.7 Å². The van der Waals surface area contributed by atoms with Crippen LogP contribution < -0.4 is 5.01 Å². The van der Waals surface area contributed by atoms with Crippen molar-refractivity contribution < 1.29 is 13.5 Å². The van der Waals surface area contributed by atoms with Crippen molar-refractivity contribution in [2.45, 2.75) is 43.7 Å². The van der Waals surface area contributed by atoms with E-state index in [1.54, 1.807) is 55.3 Å². The van der Waals surface area contributed by atoms with Crippen molar-refractivity contribution in [3.05, 3.63) is 81.8 Å². The van der Waals surface area contributed by atoms with E-state index in [1.807, 2.05) is 25.1 Å². The van der Waals surface area contributed by atoms with Crippen LogP contribution in [0.5, 0.6) is 0 Å². The van der Waals surface area contributed by atoms with E-state index in [2.05, 4.69) is 6.07 Å². The van der Waals surface area contributed by atoms with Gasteiger partial charge in [-0.25, -0.2) is 8.42 Å². The first-order chi connectivity index (χ1) is 15.9. The lowest BCUT2D eigenvalue weighted by molar-refractivity contribution is 0.152. The second-order valence-corrected chi connectivity index (χ2v) is 11.9. The zero-order valence-corrected chi connectivity index (χ0v) is 21.7. The number of benzene rings is 3. The molecule has 1 N–H and O–H groups in total. The fraction of sp³-hybridized carbons (Fsp3) is 0.269. The van der Waals surface area contributed by atoms with Crippen molar-refractivity contribution in [3.8, 4) is 11.1 Å². The van der Waals surface area contributed by atoms with E-state index in [9.17, 15) is 13.5 Å². The third kappa shape index (κ3) is 4.86. The number of hydrogen-bond acceptors (Lipinski definition) is 5. The normalized spacial score (nSPS) is 16.6. The van der Waals surface area contributed by atoms with Crippen LogP contribution in [0.1, 0.15) is 37.4 Å². The first-order valence-electron chi connectivity index (χ1n) is 10.8. The Kier molecular flexibility index (Phi) is 6.55. The Balaban J connectivity index is 1.77. The molecule has 178 valence electrons. The standard InChI is InChI=1S/C26H26Cl2N2O3S/c1-16-13-18(11-12-20(16)17-7-5-8-19(14-17)34(4,32)33)23-15-24(26(2,3)31)29-30(23)25-21(27)9-6-10-22(25)28/h5-14,23,31H,15H2,1-4H3. The molecule has 0 radical (unpaired) electrons. The molecule has 8 heteroatoms. The van der Waals surface area contributed by atoms with Gasteiger partial charge in [0.15, 0.2) is 9.84 Å². The second kappa shape index (κ2) is 9.00. The lowest BCUT2D eigenvalue weighted by Crippen LogP contribution is -2.30. The van der Waals surface area contributed by atoms with Crippen molar-refractivity contribution in [1.29, 1.82) is 0 Å². The first-order valence-corrected chi connectivity index (χ1v) is 13.5. The van der Waals surface area contributed by atoms with Crippen LogP contribution >= 0.6 is 23.2 Å². The van der Waals surface area contributed by atoms with Gasteiger partial charge >= 0.3 is 0 Å². The van der Waals surface area contributed by atoms with Crippen LogP contribution in [-0.2, 0) is 9.84 Å². The molecule has 3 aromatic carbocycles. The van der Waals surface area contributed by atoms with E-state index < -0.39 is 15.4 Å². The minimum absolute atomic E-state index is 0.214. The van der Waals surface area contributed by atoms with E-state index in [1.165, 1.54) is 6.26 Å². The second-order valence-electron chi connectivity index (χ2n) is 9.11. The summed E-state index contributed by atoms with van der Waals surface area (Å²) in [5, 5.41) is 18.1. The largest absolute Gasteiger partial charge is 0.384 e. The molecule has 1 aliphatic heterocycles. The van der Waals surface area contributed by atoms with Crippen molar-refractivity contribution in [3.63, 3.8) is 0 Å². The molecule has 0 aromatic heterocycles. The number of aliphatic hydroxyl groups is 1. The predicted octanol–water partition coefficient (Wildman–Crippen LogP) is 6.45. The predicted molar refractivity (Wildman–Crippen MR) is 140 cm³/mol. The van der Waals surface area contributed by atoms with Gasteiger partial charge in [0.1, 0.15) is 0 Å². The van der Waals surface area contributed by atoms with E-state index in [0.717, 1.165) is 22.3 Å². The smallest absolute Gasteiger partial charge is 0.175 e. The van der Waals surface area contributed by atoms with Gasteiger partial charge in [0.25, 0.3) is 0 Å². The van der Waals surface area contributed by atoms with Gasteiger partial charge in [-0.1, -0.05) is 59.6 Å². The lowest BCUT2D eigenvalue weighted by Gasteiger charge is -2.26. The number of aryl methyl sites for hydroxylation is 1. The number of para-hydroxylation sites is 1. The van der Waals surface area contributed by atoms with Crippen molar-refractivity contribution >= 4 is 44.4 Å². The molecule has 0 fully saturated rings. The summed E-state index contributed by atoms with van der Waals surface area (Å²) in [6.07, 6.45) is 1.71. The van der Waals surface area contributed by atoms with Gasteiger partial charge < -0.3 is 5.11 Å². The summed E-state index contributed by atoms with van der Waals surface area (Å²) in [5.41, 5.74) is 3.89. The van der Waals surface area contributed by atoms with E-state index >= 15 is 0 Å². The van der Waals surface area contributed by atoms with E-state index in [4.69, 9.17) is 28.3 Å². The zero-order valence-electron chi connectivity index (χ0n) is 19.4. The molecule has 3 aromatic rings. The van der Waals surface area contributed by atoms with Crippen LogP contribution in [0, 0.1) is 6.92 Å². The van der Waals surface area contributed by atoms with Crippen molar-refractivity contribution in [1.82, 2.24) is 0 Å². The molecular weight excluding hydrogens is 491 g/mol. The van der Waals surface area contributed by atoms with Crippen LogP contribution in [0.4, 0.5) is 5.69 Å². The molecule has 0 bridgehead atoms. The third-order valence-electron chi connectivity index (χ3n) is 5.99. The lowest BCUT2D eigenvalue weighted by atomic mass is 9.91. The summed E-state index contributed by atoms with van der Waals surface area (Å²) < 4.78 is 24.0. The number of hydrogen-bond donors (Lipinski definition) is 1. The van der Waals surface area contributed by atoms with Crippen LogP contribution in [0.25, 0.3) is 11.1 Å². The first kappa shape index (κ1) is 24.7. The molecule has 0 spiro atoms. The number of anilines is 1. The summed E-state index contributed by atoms with van der Waals surface area (Å²) in [6, 6.07) is 18.1. The quantitative estimate of drug-likeness (QED) is 0.422. The number of rotatable bonds is 5. The maximum absolute atomic E-state index is 12.0. The highest BCUT2D eigenvalue weighted by Crippen LogP contribution is 2.44. The molecule has 0 aliphatic carbocycles. The monoisotopic (exact) mass is 516 g/mol. The Labute approximate surface area is 210 Å². The number of sulfone groups is 1. The average molecular weight is 517 g/mol. The van der Waals surface area contributed by atoms with E-state index in [0.29, 0.717) is 27.9 Å². The number of nitrogens with zero attached hydrogens (tertiary/aromatic N) is 2. The Morgan fingerprint density at radius 2 is 1.68 bits per heavy atom. The molecular formula is C26H26Cl2N2O3S. The molecule has 0 saturated carbocycles. The molecule has 5 nitrogen and oxygen atoms in total. The topological polar surface area (TPSA) is 70.0 Å². The number of hydrazone groups is 1. The molecule has 34 heavy (non-hydrogen) atoms. The molecule has 0 amide bonds. The summed E-state index contributed by atoms with van der Waals surface area (Å²) in [6.45, 7) is 5.42. The van der Waals surface area contributed by atoms with Gasteiger partial charge in [-0.3, -0.25) is 5.01 Å².